The summed E-state index contributed by atoms with van der Waals surface area (Å²) in [4.78, 5) is 19.6. The van der Waals surface area contributed by atoms with E-state index in [0.29, 0.717) is 58.5 Å². The molecule has 4 aromatic rings. The molecule has 0 bridgehead atoms. The van der Waals surface area contributed by atoms with Gasteiger partial charge in [0.25, 0.3) is 5.91 Å². The van der Waals surface area contributed by atoms with Gasteiger partial charge in [-0.2, -0.15) is 0 Å². The number of methoxy groups -OCH3 is 1. The lowest BCUT2D eigenvalue weighted by molar-refractivity contribution is 0.0781. The fourth-order valence-electron chi connectivity index (χ4n) is 3.21. The van der Waals surface area contributed by atoms with Gasteiger partial charge in [0.1, 0.15) is 12.0 Å². The third kappa shape index (κ3) is 3.92. The molecule has 0 aliphatic heterocycles. The van der Waals surface area contributed by atoms with E-state index in [1.807, 2.05) is 10.6 Å². The number of benzene rings is 1. The Bertz CT molecular complexity index is 1170. The molecule has 0 aliphatic carbocycles. The summed E-state index contributed by atoms with van der Waals surface area (Å²) in [5.41, 5.74) is 1.58. The second-order valence-electron chi connectivity index (χ2n) is 6.76. The fourth-order valence-corrected chi connectivity index (χ4v) is 3.43. The molecule has 3 heterocycles. The number of furan rings is 1. The maximum Gasteiger partial charge on any atom is 0.254 e. The van der Waals surface area contributed by atoms with E-state index in [4.69, 9.17) is 20.8 Å². The predicted molar refractivity (Wildman–Crippen MR) is 112 cm³/mol. The van der Waals surface area contributed by atoms with Crippen LogP contribution < -0.4 is 0 Å². The quantitative estimate of drug-likeness (QED) is 0.449. The summed E-state index contributed by atoms with van der Waals surface area (Å²) in [5.74, 6) is 1.05. The van der Waals surface area contributed by atoms with Gasteiger partial charge in [-0.1, -0.05) is 23.7 Å². The van der Waals surface area contributed by atoms with Crippen molar-refractivity contribution in [2.75, 3.05) is 20.8 Å². The van der Waals surface area contributed by atoms with Crippen LogP contribution >= 0.6 is 11.6 Å². The highest BCUT2D eigenvalue weighted by molar-refractivity contribution is 6.35. The average Bonchev–Trinajstić information content (AvgIpc) is 3.44. The van der Waals surface area contributed by atoms with E-state index in [1.165, 1.54) is 0 Å². The SMILES string of the molecule is COCCn1cnnc1CN(C)C(=O)c1cc(-c2ccco2)nc2c(Cl)cccc12. The number of hydrogen-bond donors (Lipinski definition) is 0. The smallest absolute Gasteiger partial charge is 0.254 e. The number of nitrogens with zero attached hydrogens (tertiary/aromatic N) is 5. The van der Waals surface area contributed by atoms with E-state index < -0.39 is 0 Å². The van der Waals surface area contributed by atoms with Crippen LogP contribution in [0.4, 0.5) is 0 Å². The minimum absolute atomic E-state index is 0.182. The number of carbonyl (C=O) groups is 1. The van der Waals surface area contributed by atoms with Crippen LogP contribution in [-0.4, -0.2) is 51.3 Å². The first kappa shape index (κ1) is 20.1. The minimum Gasteiger partial charge on any atom is -0.463 e. The van der Waals surface area contributed by atoms with E-state index in [-0.39, 0.29) is 5.91 Å². The van der Waals surface area contributed by atoms with Crippen LogP contribution in [-0.2, 0) is 17.8 Å². The maximum absolute atomic E-state index is 13.4. The van der Waals surface area contributed by atoms with Crippen LogP contribution in [0, 0.1) is 0 Å². The molecular formula is C21H20ClN5O3. The van der Waals surface area contributed by atoms with Gasteiger partial charge in [0.15, 0.2) is 11.6 Å². The maximum atomic E-state index is 13.4. The third-order valence-electron chi connectivity index (χ3n) is 4.75. The van der Waals surface area contributed by atoms with E-state index in [0.717, 1.165) is 0 Å². The number of amides is 1. The summed E-state index contributed by atoms with van der Waals surface area (Å²) in [7, 11) is 3.36. The molecule has 1 amide bonds. The minimum atomic E-state index is -0.182. The summed E-state index contributed by atoms with van der Waals surface area (Å²) in [6, 6.07) is 10.7. The van der Waals surface area contributed by atoms with Crippen LogP contribution in [0.5, 0.6) is 0 Å². The van der Waals surface area contributed by atoms with Crippen molar-refractivity contribution in [3.05, 3.63) is 65.4 Å². The van der Waals surface area contributed by atoms with Crippen molar-refractivity contribution < 1.29 is 13.9 Å². The number of pyridine rings is 1. The lowest BCUT2D eigenvalue weighted by atomic mass is 10.1. The van der Waals surface area contributed by atoms with Gasteiger partial charge < -0.3 is 18.6 Å². The van der Waals surface area contributed by atoms with E-state index in [1.54, 1.807) is 62.0 Å². The molecule has 0 saturated heterocycles. The van der Waals surface area contributed by atoms with Gasteiger partial charge in [-0.05, 0) is 24.3 Å². The zero-order valence-corrected chi connectivity index (χ0v) is 17.3. The number of para-hydroxylation sites is 1. The second-order valence-corrected chi connectivity index (χ2v) is 7.17. The van der Waals surface area contributed by atoms with Crippen LogP contribution in [0.2, 0.25) is 5.02 Å². The van der Waals surface area contributed by atoms with Gasteiger partial charge in [0.2, 0.25) is 0 Å². The number of ether oxygens (including phenoxy) is 1. The van der Waals surface area contributed by atoms with Gasteiger partial charge in [0, 0.05) is 26.1 Å². The standard InChI is InChI=1S/C21H20ClN5O3/c1-26(12-19-25-23-13-27(19)8-10-29-2)21(28)15-11-17(18-7-4-9-30-18)24-20-14(15)5-3-6-16(20)22/h3-7,9,11,13H,8,10,12H2,1-2H3. The lowest BCUT2D eigenvalue weighted by Gasteiger charge is -2.19. The molecule has 154 valence electrons. The van der Waals surface area contributed by atoms with Crippen molar-refractivity contribution in [1.82, 2.24) is 24.6 Å². The summed E-state index contributed by atoms with van der Waals surface area (Å²) < 4.78 is 12.5. The largest absolute Gasteiger partial charge is 0.463 e. The Labute approximate surface area is 178 Å². The fraction of sp³-hybridized carbons (Fsp3) is 0.238. The molecule has 30 heavy (non-hydrogen) atoms. The van der Waals surface area contributed by atoms with Crippen molar-refractivity contribution in [3.8, 4) is 11.5 Å². The Morgan fingerprint density at radius 2 is 2.17 bits per heavy atom. The number of fused-ring (bicyclic) bond motifs is 1. The number of aromatic nitrogens is 4. The monoisotopic (exact) mass is 425 g/mol. The first-order chi connectivity index (χ1) is 14.6. The van der Waals surface area contributed by atoms with E-state index >= 15 is 0 Å². The molecule has 0 saturated carbocycles. The van der Waals surface area contributed by atoms with Crippen LogP contribution in [0.15, 0.2) is 53.4 Å². The Kier molecular flexibility index (Phi) is 5.78. The lowest BCUT2D eigenvalue weighted by Crippen LogP contribution is -2.28. The Hall–Kier alpha value is -3.23. The zero-order chi connectivity index (χ0) is 21.1. The van der Waals surface area contributed by atoms with Crippen molar-refractivity contribution in [3.63, 3.8) is 0 Å². The molecule has 0 spiro atoms. The highest BCUT2D eigenvalue weighted by Crippen LogP contribution is 2.30. The topological polar surface area (TPSA) is 86.3 Å². The normalized spacial score (nSPS) is 11.2. The van der Waals surface area contributed by atoms with Gasteiger partial charge >= 0.3 is 0 Å². The average molecular weight is 426 g/mol. The Balaban J connectivity index is 1.70. The molecule has 3 aromatic heterocycles. The number of halogens is 1. The number of carbonyl (C=O) groups excluding carboxylic acids is 1. The molecular weight excluding hydrogens is 406 g/mol. The summed E-state index contributed by atoms with van der Waals surface area (Å²) in [6.07, 6.45) is 3.19. The van der Waals surface area contributed by atoms with Gasteiger partial charge in [-0.25, -0.2) is 4.98 Å². The predicted octanol–water partition coefficient (Wildman–Crippen LogP) is 3.66. The van der Waals surface area contributed by atoms with Crippen LogP contribution in [0.1, 0.15) is 16.2 Å². The number of hydrogen-bond acceptors (Lipinski definition) is 6. The molecule has 0 atom stereocenters. The van der Waals surface area contributed by atoms with Crippen LogP contribution in [0.3, 0.4) is 0 Å². The molecule has 1 aromatic carbocycles. The van der Waals surface area contributed by atoms with Gasteiger partial charge in [-0.15, -0.1) is 10.2 Å². The summed E-state index contributed by atoms with van der Waals surface area (Å²) in [6.45, 7) is 1.43. The molecule has 0 fully saturated rings. The Morgan fingerprint density at radius 1 is 1.30 bits per heavy atom. The highest BCUT2D eigenvalue weighted by Gasteiger charge is 2.21. The van der Waals surface area contributed by atoms with Crippen molar-refractivity contribution in [2.45, 2.75) is 13.1 Å². The van der Waals surface area contributed by atoms with Crippen molar-refractivity contribution >= 4 is 28.4 Å². The van der Waals surface area contributed by atoms with Crippen molar-refractivity contribution in [2.24, 2.45) is 0 Å². The molecule has 0 radical (unpaired) electrons. The summed E-state index contributed by atoms with van der Waals surface area (Å²) >= 11 is 6.38. The molecule has 0 aliphatic rings. The zero-order valence-electron chi connectivity index (χ0n) is 16.6. The molecule has 8 nitrogen and oxygen atoms in total. The Morgan fingerprint density at radius 3 is 2.93 bits per heavy atom. The van der Waals surface area contributed by atoms with E-state index in [9.17, 15) is 4.79 Å². The molecule has 0 unspecified atom stereocenters. The molecule has 4 rings (SSSR count). The number of rotatable bonds is 7. The first-order valence-corrected chi connectivity index (χ1v) is 9.70. The summed E-state index contributed by atoms with van der Waals surface area (Å²) in [5, 5.41) is 9.23. The third-order valence-corrected chi connectivity index (χ3v) is 5.06. The van der Waals surface area contributed by atoms with Gasteiger partial charge in [0.05, 0.1) is 35.5 Å². The second kappa shape index (κ2) is 8.64. The molecule has 9 heteroatoms. The highest BCUT2D eigenvalue weighted by atomic mass is 35.5. The molecule has 0 N–H and O–H groups in total. The van der Waals surface area contributed by atoms with E-state index in [2.05, 4.69) is 15.2 Å². The van der Waals surface area contributed by atoms with Crippen LogP contribution in [0.25, 0.3) is 22.4 Å². The van der Waals surface area contributed by atoms with Crippen molar-refractivity contribution in [1.29, 1.82) is 0 Å². The van der Waals surface area contributed by atoms with Gasteiger partial charge in [-0.3, -0.25) is 4.79 Å². The first-order valence-electron chi connectivity index (χ1n) is 9.32.